The quantitative estimate of drug-likeness (QED) is 0.473. The SMILES string of the molecule is NNC(=O)c1coc(Cn2cc(Br)cc(Br)c2=O)c1. The number of halogens is 2. The third kappa shape index (κ3) is 3.14. The van der Waals surface area contributed by atoms with E-state index in [2.05, 4.69) is 31.9 Å². The van der Waals surface area contributed by atoms with Gasteiger partial charge in [-0.05, 0) is 44.0 Å². The van der Waals surface area contributed by atoms with Gasteiger partial charge in [0, 0.05) is 10.7 Å². The molecule has 100 valence electrons. The molecule has 0 saturated carbocycles. The van der Waals surface area contributed by atoms with Gasteiger partial charge < -0.3 is 8.98 Å². The van der Waals surface area contributed by atoms with Gasteiger partial charge in [0.1, 0.15) is 12.0 Å². The van der Waals surface area contributed by atoms with E-state index < -0.39 is 5.91 Å². The molecule has 2 aromatic heterocycles. The largest absolute Gasteiger partial charge is 0.467 e. The minimum Gasteiger partial charge on any atom is -0.467 e. The van der Waals surface area contributed by atoms with Gasteiger partial charge in [0.05, 0.1) is 16.6 Å². The number of hydrazine groups is 1. The summed E-state index contributed by atoms with van der Waals surface area (Å²) in [6, 6.07) is 3.19. The van der Waals surface area contributed by atoms with E-state index in [-0.39, 0.29) is 12.1 Å². The molecular weight excluding hydrogens is 382 g/mol. The molecule has 0 fully saturated rings. The van der Waals surface area contributed by atoms with Crippen molar-refractivity contribution in [3.05, 3.63) is 55.2 Å². The number of rotatable bonds is 3. The molecule has 0 saturated heterocycles. The highest BCUT2D eigenvalue weighted by molar-refractivity contribution is 9.11. The summed E-state index contributed by atoms with van der Waals surface area (Å²) in [5.74, 6) is 5.05. The number of amides is 1. The van der Waals surface area contributed by atoms with Crippen molar-refractivity contribution < 1.29 is 9.21 Å². The maximum Gasteiger partial charge on any atom is 0.268 e. The topological polar surface area (TPSA) is 90.3 Å². The van der Waals surface area contributed by atoms with E-state index in [1.165, 1.54) is 16.9 Å². The Morgan fingerprint density at radius 2 is 2.16 bits per heavy atom. The molecule has 3 N–H and O–H groups in total. The van der Waals surface area contributed by atoms with Crippen LogP contribution in [0.5, 0.6) is 0 Å². The summed E-state index contributed by atoms with van der Waals surface area (Å²) in [6.45, 7) is 0.217. The minimum absolute atomic E-state index is 0.190. The van der Waals surface area contributed by atoms with Crippen molar-refractivity contribution in [2.45, 2.75) is 6.54 Å². The lowest BCUT2D eigenvalue weighted by molar-refractivity contribution is 0.0953. The predicted molar refractivity (Wildman–Crippen MR) is 75.6 cm³/mol. The van der Waals surface area contributed by atoms with Gasteiger partial charge in [-0.1, -0.05) is 0 Å². The van der Waals surface area contributed by atoms with E-state index in [4.69, 9.17) is 10.3 Å². The van der Waals surface area contributed by atoms with E-state index in [1.807, 2.05) is 5.43 Å². The Bertz CT molecular complexity index is 678. The van der Waals surface area contributed by atoms with Crippen molar-refractivity contribution in [3.63, 3.8) is 0 Å². The van der Waals surface area contributed by atoms with Crippen LogP contribution in [0.2, 0.25) is 0 Å². The van der Waals surface area contributed by atoms with Crippen LogP contribution in [0.4, 0.5) is 0 Å². The van der Waals surface area contributed by atoms with Gasteiger partial charge in [-0.15, -0.1) is 0 Å². The molecule has 2 heterocycles. The van der Waals surface area contributed by atoms with Gasteiger partial charge in [-0.3, -0.25) is 15.0 Å². The van der Waals surface area contributed by atoms with Crippen molar-refractivity contribution in [2.75, 3.05) is 0 Å². The molecule has 0 radical (unpaired) electrons. The van der Waals surface area contributed by atoms with Gasteiger partial charge >= 0.3 is 0 Å². The van der Waals surface area contributed by atoms with Crippen LogP contribution in [-0.4, -0.2) is 10.5 Å². The number of nitrogens with two attached hydrogens (primary N) is 1. The highest BCUT2D eigenvalue weighted by atomic mass is 79.9. The summed E-state index contributed by atoms with van der Waals surface area (Å²) in [6.07, 6.45) is 2.92. The van der Waals surface area contributed by atoms with Crippen LogP contribution in [0.15, 0.2) is 42.7 Å². The number of nitrogens with one attached hydrogen (secondary N) is 1. The second-order valence-corrected chi connectivity index (χ2v) is 5.48. The Labute approximate surface area is 124 Å². The van der Waals surface area contributed by atoms with E-state index >= 15 is 0 Å². The van der Waals surface area contributed by atoms with Crippen molar-refractivity contribution in [3.8, 4) is 0 Å². The summed E-state index contributed by atoms with van der Waals surface area (Å²) in [7, 11) is 0. The van der Waals surface area contributed by atoms with Crippen LogP contribution >= 0.6 is 31.9 Å². The fraction of sp³-hybridized carbons (Fsp3) is 0.0909. The van der Waals surface area contributed by atoms with Gasteiger partial charge in [-0.2, -0.15) is 0 Å². The molecule has 0 aliphatic carbocycles. The lowest BCUT2D eigenvalue weighted by atomic mass is 10.3. The molecule has 0 aromatic carbocycles. The molecule has 2 rings (SSSR count). The molecular formula is C11H9Br2N3O3. The molecule has 0 spiro atoms. The number of hydrogen-bond acceptors (Lipinski definition) is 4. The van der Waals surface area contributed by atoms with Crippen molar-refractivity contribution >= 4 is 37.8 Å². The number of aromatic nitrogens is 1. The Kier molecular flexibility index (Phi) is 4.23. The standard InChI is InChI=1S/C11H9Br2N3O3/c12-7-2-9(13)11(18)16(3-7)4-8-1-6(5-19-8)10(17)15-14/h1-3,5H,4,14H2,(H,15,17). The molecule has 0 atom stereocenters. The molecule has 19 heavy (non-hydrogen) atoms. The molecule has 6 nitrogen and oxygen atoms in total. The molecule has 0 unspecified atom stereocenters. The second-order valence-electron chi connectivity index (χ2n) is 3.71. The number of hydrogen-bond donors (Lipinski definition) is 2. The zero-order chi connectivity index (χ0) is 14.0. The molecule has 0 bridgehead atoms. The number of carbonyl (C=O) groups excluding carboxylic acids is 1. The number of furan rings is 1. The zero-order valence-corrected chi connectivity index (χ0v) is 12.7. The molecule has 2 aromatic rings. The fourth-order valence-electron chi connectivity index (χ4n) is 1.52. The van der Waals surface area contributed by atoms with Gasteiger partial charge in [0.25, 0.3) is 11.5 Å². The Hall–Kier alpha value is -1.38. The van der Waals surface area contributed by atoms with Crippen molar-refractivity contribution in [2.24, 2.45) is 5.84 Å². The monoisotopic (exact) mass is 389 g/mol. The first-order chi connectivity index (χ1) is 9.01. The number of nitrogens with zero attached hydrogens (tertiary/aromatic N) is 1. The minimum atomic E-state index is -0.447. The summed E-state index contributed by atoms with van der Waals surface area (Å²) in [4.78, 5) is 23.2. The normalized spacial score (nSPS) is 10.5. The number of pyridine rings is 1. The first kappa shape index (κ1) is 14.0. The van der Waals surface area contributed by atoms with Crippen LogP contribution in [0.25, 0.3) is 0 Å². The lowest BCUT2D eigenvalue weighted by Gasteiger charge is -2.04. The molecule has 0 aliphatic heterocycles. The summed E-state index contributed by atoms with van der Waals surface area (Å²) < 4.78 is 7.87. The fourth-order valence-corrected chi connectivity index (χ4v) is 2.77. The van der Waals surface area contributed by atoms with Crippen LogP contribution < -0.4 is 16.8 Å². The first-order valence-electron chi connectivity index (χ1n) is 5.15. The summed E-state index contributed by atoms with van der Waals surface area (Å²) >= 11 is 6.47. The lowest BCUT2D eigenvalue weighted by Crippen LogP contribution is -2.29. The molecule has 0 aliphatic rings. The Balaban J connectivity index is 2.29. The highest BCUT2D eigenvalue weighted by Gasteiger charge is 2.10. The van der Waals surface area contributed by atoms with Crippen LogP contribution in [0.1, 0.15) is 16.1 Å². The van der Waals surface area contributed by atoms with Gasteiger partial charge in [0.15, 0.2) is 0 Å². The summed E-state index contributed by atoms with van der Waals surface area (Å²) in [5.41, 5.74) is 2.12. The third-order valence-electron chi connectivity index (χ3n) is 2.38. The van der Waals surface area contributed by atoms with E-state index in [1.54, 1.807) is 12.3 Å². The smallest absolute Gasteiger partial charge is 0.268 e. The van der Waals surface area contributed by atoms with Crippen LogP contribution in [0.3, 0.4) is 0 Å². The predicted octanol–water partition coefficient (Wildman–Crippen LogP) is 1.62. The summed E-state index contributed by atoms with van der Waals surface area (Å²) in [5, 5.41) is 0. The van der Waals surface area contributed by atoms with E-state index in [0.29, 0.717) is 15.8 Å². The average Bonchev–Trinajstić information content (AvgIpc) is 2.83. The zero-order valence-electron chi connectivity index (χ0n) is 9.52. The Morgan fingerprint density at radius 3 is 2.84 bits per heavy atom. The average molecular weight is 391 g/mol. The molecule has 8 heteroatoms. The first-order valence-corrected chi connectivity index (χ1v) is 6.73. The number of nitrogen functional groups attached to an aromatic ring is 1. The maximum atomic E-state index is 11.9. The second kappa shape index (κ2) is 5.72. The maximum absolute atomic E-state index is 11.9. The third-order valence-corrected chi connectivity index (χ3v) is 3.38. The van der Waals surface area contributed by atoms with Crippen molar-refractivity contribution in [1.82, 2.24) is 9.99 Å². The van der Waals surface area contributed by atoms with Crippen LogP contribution in [-0.2, 0) is 6.54 Å². The van der Waals surface area contributed by atoms with Crippen LogP contribution in [0, 0.1) is 0 Å². The van der Waals surface area contributed by atoms with Gasteiger partial charge in [0.2, 0.25) is 0 Å². The van der Waals surface area contributed by atoms with E-state index in [0.717, 1.165) is 4.47 Å². The van der Waals surface area contributed by atoms with Gasteiger partial charge in [-0.25, -0.2) is 5.84 Å². The molecule has 1 amide bonds. The van der Waals surface area contributed by atoms with E-state index in [9.17, 15) is 9.59 Å². The Morgan fingerprint density at radius 1 is 1.42 bits per heavy atom. The van der Waals surface area contributed by atoms with Crippen molar-refractivity contribution in [1.29, 1.82) is 0 Å². The highest BCUT2D eigenvalue weighted by Crippen LogP contribution is 2.15. The number of carbonyl (C=O) groups is 1.